The third kappa shape index (κ3) is 5.71. The lowest BCUT2D eigenvalue weighted by molar-refractivity contribution is -0.123. The van der Waals surface area contributed by atoms with E-state index < -0.39 is 0 Å². The van der Waals surface area contributed by atoms with Crippen molar-refractivity contribution in [3.63, 3.8) is 0 Å². The number of nitrogens with one attached hydrogen (secondary N) is 1. The predicted molar refractivity (Wildman–Crippen MR) is 97.6 cm³/mol. The van der Waals surface area contributed by atoms with Crippen LogP contribution in [0.5, 0.6) is 17.2 Å². The van der Waals surface area contributed by atoms with Crippen LogP contribution < -0.4 is 19.5 Å². The van der Waals surface area contributed by atoms with Crippen LogP contribution in [0.1, 0.15) is 18.1 Å². The Balaban J connectivity index is 1.76. The van der Waals surface area contributed by atoms with Gasteiger partial charge in [0.05, 0.1) is 14.2 Å². The van der Waals surface area contributed by atoms with E-state index in [0.29, 0.717) is 24.5 Å². The van der Waals surface area contributed by atoms with Crippen molar-refractivity contribution < 1.29 is 19.0 Å². The van der Waals surface area contributed by atoms with Gasteiger partial charge in [0.15, 0.2) is 18.1 Å². The molecule has 0 aromatic heterocycles. The molecule has 0 bridgehead atoms. The molecule has 0 heterocycles. The van der Waals surface area contributed by atoms with Gasteiger partial charge in [-0.1, -0.05) is 25.1 Å². The molecule has 0 aliphatic rings. The minimum Gasteiger partial charge on any atom is -0.493 e. The molecule has 134 valence electrons. The first-order chi connectivity index (χ1) is 12.2. The molecule has 2 rings (SSSR count). The fraction of sp³-hybridized carbons (Fsp3) is 0.350. The molecule has 5 nitrogen and oxygen atoms in total. The van der Waals surface area contributed by atoms with Gasteiger partial charge in [-0.25, -0.2) is 0 Å². The molecule has 0 aliphatic carbocycles. The van der Waals surface area contributed by atoms with Crippen molar-refractivity contribution in [3.8, 4) is 17.2 Å². The van der Waals surface area contributed by atoms with E-state index in [-0.39, 0.29) is 12.5 Å². The average Bonchev–Trinajstić information content (AvgIpc) is 2.66. The molecule has 25 heavy (non-hydrogen) atoms. The van der Waals surface area contributed by atoms with Crippen molar-refractivity contribution in [1.82, 2.24) is 5.32 Å². The molecule has 0 atom stereocenters. The van der Waals surface area contributed by atoms with Crippen LogP contribution in [0.4, 0.5) is 0 Å². The zero-order valence-corrected chi connectivity index (χ0v) is 15.0. The first-order valence-electron chi connectivity index (χ1n) is 8.35. The Bertz CT molecular complexity index is 700. The summed E-state index contributed by atoms with van der Waals surface area (Å²) >= 11 is 0. The molecule has 0 spiro atoms. The van der Waals surface area contributed by atoms with Crippen LogP contribution >= 0.6 is 0 Å². The van der Waals surface area contributed by atoms with Crippen LogP contribution in [0.25, 0.3) is 0 Å². The molecule has 2 aromatic rings. The number of rotatable bonds is 9. The maximum absolute atomic E-state index is 11.9. The summed E-state index contributed by atoms with van der Waals surface area (Å²) in [6.07, 6.45) is 1.64. The molecule has 5 heteroatoms. The Morgan fingerprint density at radius 2 is 1.80 bits per heavy atom. The van der Waals surface area contributed by atoms with E-state index in [0.717, 1.165) is 17.7 Å². The predicted octanol–water partition coefficient (Wildman–Crippen LogP) is 3.00. The van der Waals surface area contributed by atoms with Gasteiger partial charge in [0.25, 0.3) is 5.91 Å². The van der Waals surface area contributed by atoms with Crippen molar-refractivity contribution >= 4 is 5.91 Å². The number of carbonyl (C=O) groups is 1. The van der Waals surface area contributed by atoms with E-state index in [1.165, 1.54) is 5.56 Å². The van der Waals surface area contributed by atoms with Crippen LogP contribution in [-0.2, 0) is 17.6 Å². The Morgan fingerprint density at radius 3 is 2.52 bits per heavy atom. The fourth-order valence-corrected chi connectivity index (χ4v) is 2.44. The third-order valence-electron chi connectivity index (χ3n) is 3.86. The Labute approximate surface area is 148 Å². The second-order valence-electron chi connectivity index (χ2n) is 5.58. The van der Waals surface area contributed by atoms with E-state index in [9.17, 15) is 4.79 Å². The summed E-state index contributed by atoms with van der Waals surface area (Å²) in [7, 11) is 3.21. The fourth-order valence-electron chi connectivity index (χ4n) is 2.44. The monoisotopic (exact) mass is 343 g/mol. The zero-order valence-electron chi connectivity index (χ0n) is 15.0. The number of carbonyl (C=O) groups excluding carboxylic acids is 1. The first kappa shape index (κ1) is 18.6. The van der Waals surface area contributed by atoms with Crippen LogP contribution in [0, 0.1) is 0 Å². The smallest absolute Gasteiger partial charge is 0.257 e. The highest BCUT2D eigenvalue weighted by atomic mass is 16.5. The SMILES string of the molecule is CCc1cccc(OCC(=O)NCCc2ccc(OC)c(OC)c2)c1. The van der Waals surface area contributed by atoms with E-state index >= 15 is 0 Å². The second-order valence-corrected chi connectivity index (χ2v) is 5.58. The van der Waals surface area contributed by atoms with Gasteiger partial charge in [-0.05, 0) is 48.2 Å². The summed E-state index contributed by atoms with van der Waals surface area (Å²) in [5, 5.41) is 2.86. The quantitative estimate of drug-likeness (QED) is 0.760. The van der Waals surface area contributed by atoms with Gasteiger partial charge < -0.3 is 19.5 Å². The Morgan fingerprint density at radius 1 is 1.00 bits per heavy atom. The summed E-state index contributed by atoms with van der Waals surface area (Å²) in [5.41, 5.74) is 2.25. The lowest BCUT2D eigenvalue weighted by atomic mass is 10.1. The lowest BCUT2D eigenvalue weighted by Gasteiger charge is -2.10. The Kier molecular flexibility index (Phi) is 7.14. The lowest BCUT2D eigenvalue weighted by Crippen LogP contribution is -2.30. The van der Waals surface area contributed by atoms with E-state index in [1.807, 2.05) is 42.5 Å². The van der Waals surface area contributed by atoms with Gasteiger partial charge in [0, 0.05) is 6.54 Å². The van der Waals surface area contributed by atoms with E-state index in [2.05, 4.69) is 12.2 Å². The number of hydrogen-bond acceptors (Lipinski definition) is 4. The normalized spacial score (nSPS) is 10.2. The summed E-state index contributed by atoms with van der Waals surface area (Å²) < 4.78 is 16.0. The number of ether oxygens (including phenoxy) is 3. The molecule has 0 aliphatic heterocycles. The molecule has 2 aromatic carbocycles. The van der Waals surface area contributed by atoms with Gasteiger partial charge in [-0.2, -0.15) is 0 Å². The Hall–Kier alpha value is -2.69. The van der Waals surface area contributed by atoms with Crippen LogP contribution in [0.2, 0.25) is 0 Å². The summed E-state index contributed by atoms with van der Waals surface area (Å²) in [5.74, 6) is 1.96. The number of amides is 1. The second kappa shape index (κ2) is 9.57. The standard InChI is InChI=1S/C20H25NO4/c1-4-15-6-5-7-17(12-15)25-14-20(22)21-11-10-16-8-9-18(23-2)19(13-16)24-3/h5-9,12-13H,4,10-11,14H2,1-3H3,(H,21,22). The van der Waals surface area contributed by atoms with Crippen molar-refractivity contribution in [2.75, 3.05) is 27.4 Å². The van der Waals surface area contributed by atoms with Gasteiger partial charge in [0.1, 0.15) is 5.75 Å². The van der Waals surface area contributed by atoms with Gasteiger partial charge in [-0.3, -0.25) is 4.79 Å². The number of methoxy groups -OCH3 is 2. The molecule has 0 unspecified atom stereocenters. The van der Waals surface area contributed by atoms with Crippen LogP contribution in [0.15, 0.2) is 42.5 Å². The number of aryl methyl sites for hydroxylation is 1. The summed E-state index contributed by atoms with van der Waals surface area (Å²) in [6, 6.07) is 13.5. The third-order valence-corrected chi connectivity index (χ3v) is 3.86. The maximum Gasteiger partial charge on any atom is 0.257 e. The molecule has 0 saturated carbocycles. The topological polar surface area (TPSA) is 56.8 Å². The molecular formula is C20H25NO4. The molecular weight excluding hydrogens is 318 g/mol. The summed E-state index contributed by atoms with van der Waals surface area (Å²) in [6.45, 7) is 2.63. The highest BCUT2D eigenvalue weighted by Crippen LogP contribution is 2.27. The van der Waals surface area contributed by atoms with Crippen molar-refractivity contribution in [2.24, 2.45) is 0 Å². The van der Waals surface area contributed by atoms with Gasteiger partial charge in [0.2, 0.25) is 0 Å². The van der Waals surface area contributed by atoms with Crippen LogP contribution in [-0.4, -0.2) is 33.3 Å². The van der Waals surface area contributed by atoms with Crippen molar-refractivity contribution in [3.05, 3.63) is 53.6 Å². The largest absolute Gasteiger partial charge is 0.493 e. The van der Waals surface area contributed by atoms with E-state index in [1.54, 1.807) is 14.2 Å². The number of benzene rings is 2. The highest BCUT2D eigenvalue weighted by molar-refractivity contribution is 5.77. The molecule has 0 radical (unpaired) electrons. The average molecular weight is 343 g/mol. The molecule has 0 fully saturated rings. The van der Waals surface area contributed by atoms with Gasteiger partial charge >= 0.3 is 0 Å². The van der Waals surface area contributed by atoms with Crippen molar-refractivity contribution in [1.29, 1.82) is 0 Å². The van der Waals surface area contributed by atoms with Crippen LogP contribution in [0.3, 0.4) is 0 Å². The number of hydrogen-bond donors (Lipinski definition) is 1. The molecule has 0 saturated heterocycles. The molecule has 1 amide bonds. The van der Waals surface area contributed by atoms with E-state index in [4.69, 9.17) is 14.2 Å². The molecule has 1 N–H and O–H groups in total. The highest BCUT2D eigenvalue weighted by Gasteiger charge is 2.06. The zero-order chi connectivity index (χ0) is 18.1. The first-order valence-corrected chi connectivity index (χ1v) is 8.35. The minimum atomic E-state index is -0.137. The maximum atomic E-state index is 11.9. The summed E-state index contributed by atoms with van der Waals surface area (Å²) in [4.78, 5) is 11.9. The van der Waals surface area contributed by atoms with Crippen molar-refractivity contribution in [2.45, 2.75) is 19.8 Å². The van der Waals surface area contributed by atoms with Gasteiger partial charge in [-0.15, -0.1) is 0 Å². The minimum absolute atomic E-state index is 0.0130.